The highest BCUT2D eigenvalue weighted by Gasteiger charge is 2.13. The van der Waals surface area contributed by atoms with Crippen molar-refractivity contribution in [2.45, 2.75) is 6.61 Å². The van der Waals surface area contributed by atoms with Crippen LogP contribution in [0.5, 0.6) is 5.75 Å². The van der Waals surface area contributed by atoms with E-state index in [-0.39, 0.29) is 22.2 Å². The summed E-state index contributed by atoms with van der Waals surface area (Å²) in [4.78, 5) is 14.8. The lowest BCUT2D eigenvalue weighted by Gasteiger charge is -2.08. The van der Waals surface area contributed by atoms with E-state index in [9.17, 15) is 13.6 Å². The summed E-state index contributed by atoms with van der Waals surface area (Å²) in [6.07, 6.45) is 1.24. The number of aromatic carboxylic acids is 1. The number of aromatic nitrogens is 1. The van der Waals surface area contributed by atoms with Crippen LogP contribution in [0, 0.1) is 0 Å². The van der Waals surface area contributed by atoms with E-state index in [1.807, 2.05) is 0 Å². The Hall–Kier alpha value is -2.24. The first-order valence-corrected chi connectivity index (χ1v) is 4.65. The van der Waals surface area contributed by atoms with Crippen molar-refractivity contribution in [1.29, 1.82) is 0 Å². The van der Waals surface area contributed by atoms with Crippen molar-refractivity contribution in [2.75, 3.05) is 0 Å². The van der Waals surface area contributed by atoms with Crippen LogP contribution in [0.3, 0.4) is 0 Å². The van der Waals surface area contributed by atoms with Crippen LogP contribution >= 0.6 is 0 Å². The largest absolute Gasteiger partial charge is 0.478 e. The van der Waals surface area contributed by atoms with Gasteiger partial charge in [-0.15, -0.1) is 0 Å². The van der Waals surface area contributed by atoms with Gasteiger partial charge in [0.25, 0.3) is 0 Å². The van der Waals surface area contributed by atoms with Gasteiger partial charge in [0.1, 0.15) is 5.52 Å². The number of benzene rings is 1. The molecule has 0 unspecified atom stereocenters. The molecule has 0 spiro atoms. The average Bonchev–Trinajstić information content (AvgIpc) is 2.28. The van der Waals surface area contributed by atoms with Gasteiger partial charge >= 0.3 is 12.6 Å². The molecular formula is C11H7F2NO3. The number of ether oxygens (including phenoxy) is 1. The van der Waals surface area contributed by atoms with Crippen molar-refractivity contribution in [2.24, 2.45) is 0 Å². The van der Waals surface area contributed by atoms with Gasteiger partial charge in [-0.25, -0.2) is 4.79 Å². The Morgan fingerprint density at radius 1 is 1.35 bits per heavy atom. The predicted molar refractivity (Wildman–Crippen MR) is 55.3 cm³/mol. The molecule has 2 aromatic rings. The van der Waals surface area contributed by atoms with E-state index < -0.39 is 12.6 Å². The fourth-order valence-electron chi connectivity index (χ4n) is 1.53. The van der Waals surface area contributed by atoms with E-state index in [4.69, 9.17) is 5.11 Å². The van der Waals surface area contributed by atoms with Crippen LogP contribution in [0.4, 0.5) is 8.78 Å². The second kappa shape index (κ2) is 4.32. The molecule has 1 N–H and O–H groups in total. The normalized spacial score (nSPS) is 10.8. The van der Waals surface area contributed by atoms with E-state index in [1.165, 1.54) is 30.5 Å². The highest BCUT2D eigenvalue weighted by molar-refractivity contribution is 6.03. The Bertz CT molecular complexity index is 572. The minimum Gasteiger partial charge on any atom is -0.478 e. The van der Waals surface area contributed by atoms with Gasteiger partial charge in [-0.2, -0.15) is 8.78 Å². The monoisotopic (exact) mass is 239 g/mol. The standard InChI is InChI=1S/C11H7F2NO3/c12-11(13)17-8-3-1-2-6-7(10(15)16)4-5-14-9(6)8/h1-5,11H,(H,15,16). The third-order valence-electron chi connectivity index (χ3n) is 2.18. The van der Waals surface area contributed by atoms with Crippen LogP contribution < -0.4 is 4.74 Å². The zero-order valence-electron chi connectivity index (χ0n) is 8.43. The fraction of sp³-hybridized carbons (Fsp3) is 0.0909. The van der Waals surface area contributed by atoms with Crippen LogP contribution in [0.15, 0.2) is 30.5 Å². The molecule has 0 bridgehead atoms. The molecular weight excluding hydrogens is 232 g/mol. The highest BCUT2D eigenvalue weighted by atomic mass is 19.3. The minimum atomic E-state index is -2.98. The third kappa shape index (κ3) is 2.15. The molecule has 0 saturated carbocycles. The smallest absolute Gasteiger partial charge is 0.387 e. The first kappa shape index (κ1) is 11.3. The maximum atomic E-state index is 12.1. The topological polar surface area (TPSA) is 59.4 Å². The molecule has 0 aliphatic heterocycles. The first-order chi connectivity index (χ1) is 8.09. The third-order valence-corrected chi connectivity index (χ3v) is 2.18. The molecule has 2 rings (SSSR count). The predicted octanol–water partition coefficient (Wildman–Crippen LogP) is 2.53. The Morgan fingerprint density at radius 2 is 2.12 bits per heavy atom. The number of rotatable bonds is 3. The summed E-state index contributed by atoms with van der Waals surface area (Å²) in [5, 5.41) is 9.20. The van der Waals surface area contributed by atoms with Crippen molar-refractivity contribution >= 4 is 16.9 Å². The molecule has 4 nitrogen and oxygen atoms in total. The highest BCUT2D eigenvalue weighted by Crippen LogP contribution is 2.27. The molecule has 88 valence electrons. The van der Waals surface area contributed by atoms with Gasteiger partial charge < -0.3 is 9.84 Å². The molecule has 0 radical (unpaired) electrons. The summed E-state index contributed by atoms with van der Waals surface area (Å²) in [5.74, 6) is -1.29. The number of hydrogen-bond donors (Lipinski definition) is 1. The zero-order valence-corrected chi connectivity index (χ0v) is 8.43. The summed E-state index contributed by atoms with van der Waals surface area (Å²) in [6.45, 7) is -2.98. The quantitative estimate of drug-likeness (QED) is 0.894. The lowest BCUT2D eigenvalue weighted by molar-refractivity contribution is -0.0489. The van der Waals surface area contributed by atoms with E-state index in [0.717, 1.165) is 0 Å². The fourth-order valence-corrected chi connectivity index (χ4v) is 1.53. The van der Waals surface area contributed by atoms with Crippen molar-refractivity contribution < 1.29 is 23.4 Å². The number of alkyl halides is 2. The molecule has 6 heteroatoms. The number of hydrogen-bond acceptors (Lipinski definition) is 3. The maximum absolute atomic E-state index is 12.1. The number of pyridine rings is 1. The Morgan fingerprint density at radius 3 is 2.76 bits per heavy atom. The molecule has 0 atom stereocenters. The summed E-state index contributed by atoms with van der Waals surface area (Å²) < 4.78 is 28.6. The van der Waals surface area contributed by atoms with Crippen molar-refractivity contribution in [3.8, 4) is 5.75 Å². The molecule has 0 saturated heterocycles. The number of nitrogens with zero attached hydrogens (tertiary/aromatic N) is 1. The van der Waals surface area contributed by atoms with Crippen LogP contribution in [0.1, 0.15) is 10.4 Å². The number of fused-ring (bicyclic) bond motifs is 1. The number of carboxylic acid groups (broad SMARTS) is 1. The number of halogens is 2. The molecule has 1 heterocycles. The molecule has 17 heavy (non-hydrogen) atoms. The van der Waals surface area contributed by atoms with Gasteiger partial charge in [-0.1, -0.05) is 12.1 Å². The SMILES string of the molecule is O=C(O)c1ccnc2c(OC(F)F)cccc12. The number of carboxylic acids is 1. The summed E-state index contributed by atoms with van der Waals surface area (Å²) in [6, 6.07) is 5.54. The molecule has 1 aromatic heterocycles. The minimum absolute atomic E-state index is 0.00489. The molecule has 1 aromatic carbocycles. The molecule has 0 aliphatic rings. The van der Waals surface area contributed by atoms with Crippen LogP contribution in [-0.2, 0) is 0 Å². The van der Waals surface area contributed by atoms with Gasteiger partial charge in [0.15, 0.2) is 5.75 Å². The summed E-state index contributed by atoms with van der Waals surface area (Å²) in [7, 11) is 0. The van der Waals surface area contributed by atoms with Gasteiger partial charge in [0, 0.05) is 11.6 Å². The van der Waals surface area contributed by atoms with Crippen molar-refractivity contribution in [3.05, 3.63) is 36.0 Å². The van der Waals surface area contributed by atoms with Gasteiger partial charge in [0.2, 0.25) is 0 Å². The summed E-state index contributed by atoms with van der Waals surface area (Å²) >= 11 is 0. The lowest BCUT2D eigenvalue weighted by Crippen LogP contribution is -2.04. The maximum Gasteiger partial charge on any atom is 0.387 e. The van der Waals surface area contributed by atoms with Crippen molar-refractivity contribution in [1.82, 2.24) is 4.98 Å². The van der Waals surface area contributed by atoms with Crippen LogP contribution in [0.2, 0.25) is 0 Å². The Labute approximate surface area is 94.5 Å². The molecule has 0 aliphatic carbocycles. The van der Waals surface area contributed by atoms with E-state index in [2.05, 4.69) is 9.72 Å². The second-order valence-electron chi connectivity index (χ2n) is 3.19. The molecule has 0 fully saturated rings. The van der Waals surface area contributed by atoms with Crippen molar-refractivity contribution in [3.63, 3.8) is 0 Å². The number of carbonyl (C=O) groups is 1. The average molecular weight is 239 g/mol. The van der Waals surface area contributed by atoms with E-state index in [1.54, 1.807) is 0 Å². The summed E-state index contributed by atoms with van der Waals surface area (Å²) in [5.41, 5.74) is 0.0995. The zero-order chi connectivity index (χ0) is 12.4. The Kier molecular flexibility index (Phi) is 2.86. The van der Waals surface area contributed by atoms with E-state index in [0.29, 0.717) is 0 Å². The van der Waals surface area contributed by atoms with Gasteiger partial charge in [-0.3, -0.25) is 4.98 Å². The lowest BCUT2D eigenvalue weighted by atomic mass is 10.1. The van der Waals surface area contributed by atoms with Crippen LogP contribution in [0.25, 0.3) is 10.9 Å². The van der Waals surface area contributed by atoms with Crippen LogP contribution in [-0.4, -0.2) is 22.7 Å². The first-order valence-electron chi connectivity index (χ1n) is 4.65. The van der Waals surface area contributed by atoms with Gasteiger partial charge in [0.05, 0.1) is 5.56 Å². The Balaban J connectivity index is 2.65. The number of para-hydroxylation sites is 1. The van der Waals surface area contributed by atoms with Gasteiger partial charge in [-0.05, 0) is 12.1 Å². The molecule has 0 amide bonds. The van der Waals surface area contributed by atoms with E-state index >= 15 is 0 Å². The second-order valence-corrected chi connectivity index (χ2v) is 3.19.